The first-order valence-electron chi connectivity index (χ1n) is 10.5. The molecular weight excluding hydrogens is 505 g/mol. The van der Waals surface area contributed by atoms with Crippen LogP contribution in [0.4, 0.5) is 0 Å². The molecule has 31 heavy (non-hydrogen) atoms. The maximum absolute atomic E-state index is 5.41. The zero-order valence-corrected chi connectivity index (χ0v) is 20.5. The summed E-state index contributed by atoms with van der Waals surface area (Å²) in [5.74, 6) is 1.74. The molecule has 0 fully saturated rings. The van der Waals surface area contributed by atoms with E-state index < -0.39 is 0 Å². The van der Waals surface area contributed by atoms with Crippen LogP contribution in [0.2, 0.25) is 0 Å². The van der Waals surface area contributed by atoms with Crippen molar-refractivity contribution < 1.29 is 9.15 Å². The average Bonchev–Trinajstić information content (AvgIpc) is 3.48. The third kappa shape index (κ3) is 8.37. The standard InChI is InChI=1S/C23H31N5O2.HI/c1-3-29-16-7-12-24-23(25-14-11-22-10-5-17-30-22)27-19(2)20-8-4-9-21(18-20)28-15-6-13-26-28;/h4-6,8-10,13,15,17-19H,3,7,11-12,14,16H2,1-2H3,(H2,24,25,27);1H. The van der Waals surface area contributed by atoms with Gasteiger partial charge in [-0.3, -0.25) is 4.99 Å². The highest BCUT2D eigenvalue weighted by Gasteiger charge is 2.10. The molecule has 0 saturated carbocycles. The molecule has 1 aromatic carbocycles. The van der Waals surface area contributed by atoms with Gasteiger partial charge >= 0.3 is 0 Å². The van der Waals surface area contributed by atoms with E-state index in [9.17, 15) is 0 Å². The number of halogens is 1. The van der Waals surface area contributed by atoms with Crippen LogP contribution in [0.15, 0.2) is 70.5 Å². The first kappa shape index (κ1) is 24.9. The first-order valence-corrected chi connectivity index (χ1v) is 10.5. The summed E-state index contributed by atoms with van der Waals surface area (Å²) >= 11 is 0. The minimum absolute atomic E-state index is 0. The average molecular weight is 537 g/mol. The van der Waals surface area contributed by atoms with Crippen LogP contribution >= 0.6 is 24.0 Å². The van der Waals surface area contributed by atoms with Gasteiger partial charge in [-0.2, -0.15) is 5.10 Å². The molecule has 0 amide bonds. The number of ether oxygens (including phenoxy) is 1. The molecule has 0 aliphatic carbocycles. The Hall–Kier alpha value is -2.33. The molecule has 0 spiro atoms. The fourth-order valence-corrected chi connectivity index (χ4v) is 3.06. The zero-order chi connectivity index (χ0) is 21.0. The van der Waals surface area contributed by atoms with E-state index in [0.29, 0.717) is 6.54 Å². The molecule has 0 saturated heterocycles. The van der Waals surface area contributed by atoms with Crippen molar-refractivity contribution in [2.24, 2.45) is 4.99 Å². The number of aliphatic imine (C=N–C) groups is 1. The van der Waals surface area contributed by atoms with Gasteiger partial charge in [-0.05, 0) is 56.2 Å². The number of rotatable bonds is 11. The van der Waals surface area contributed by atoms with Crippen LogP contribution in [0, 0.1) is 0 Å². The van der Waals surface area contributed by atoms with Crippen LogP contribution in [0.3, 0.4) is 0 Å². The van der Waals surface area contributed by atoms with Crippen LogP contribution in [0.25, 0.3) is 5.69 Å². The van der Waals surface area contributed by atoms with Crippen molar-refractivity contribution in [1.29, 1.82) is 0 Å². The van der Waals surface area contributed by atoms with Crippen molar-refractivity contribution >= 4 is 29.9 Å². The zero-order valence-electron chi connectivity index (χ0n) is 18.2. The Balaban J connectivity index is 0.00000341. The Bertz CT molecular complexity index is 881. The van der Waals surface area contributed by atoms with Gasteiger partial charge in [-0.25, -0.2) is 4.68 Å². The van der Waals surface area contributed by atoms with Gasteiger partial charge in [0, 0.05) is 45.1 Å². The van der Waals surface area contributed by atoms with E-state index in [1.807, 2.05) is 48.1 Å². The molecule has 2 heterocycles. The van der Waals surface area contributed by atoms with Crippen molar-refractivity contribution in [1.82, 2.24) is 20.4 Å². The third-order valence-electron chi connectivity index (χ3n) is 4.66. The SMILES string of the molecule is CCOCCCN=C(NCCc1ccco1)NC(C)c1cccc(-n2cccn2)c1.I. The molecular formula is C23H32IN5O2. The summed E-state index contributed by atoms with van der Waals surface area (Å²) in [5.41, 5.74) is 2.20. The number of benzene rings is 1. The Morgan fingerprint density at radius 2 is 2.16 bits per heavy atom. The van der Waals surface area contributed by atoms with Gasteiger partial charge in [0.1, 0.15) is 5.76 Å². The number of furan rings is 1. The lowest BCUT2D eigenvalue weighted by Gasteiger charge is -2.19. The number of nitrogens with one attached hydrogen (secondary N) is 2. The third-order valence-corrected chi connectivity index (χ3v) is 4.66. The summed E-state index contributed by atoms with van der Waals surface area (Å²) in [5, 5.41) is 11.2. The van der Waals surface area contributed by atoms with Crippen LogP contribution in [0.5, 0.6) is 0 Å². The maximum atomic E-state index is 5.41. The van der Waals surface area contributed by atoms with E-state index in [1.165, 1.54) is 0 Å². The Morgan fingerprint density at radius 1 is 1.26 bits per heavy atom. The first-order chi connectivity index (χ1) is 14.8. The highest BCUT2D eigenvalue weighted by atomic mass is 127. The predicted octanol–water partition coefficient (Wildman–Crippen LogP) is 4.35. The normalized spacial score (nSPS) is 12.3. The fraction of sp³-hybridized carbons (Fsp3) is 0.391. The number of hydrogen-bond acceptors (Lipinski definition) is 4. The molecule has 0 aliphatic rings. The number of hydrogen-bond donors (Lipinski definition) is 2. The van der Waals surface area contributed by atoms with Crippen LogP contribution in [-0.4, -0.2) is 42.0 Å². The molecule has 2 N–H and O–H groups in total. The van der Waals surface area contributed by atoms with Gasteiger partial charge < -0.3 is 19.8 Å². The van der Waals surface area contributed by atoms with E-state index in [2.05, 4.69) is 34.8 Å². The Labute approximate surface area is 201 Å². The Kier molecular flexibility index (Phi) is 11.2. The van der Waals surface area contributed by atoms with Gasteiger partial charge in [0.25, 0.3) is 0 Å². The number of aromatic nitrogens is 2. The van der Waals surface area contributed by atoms with E-state index in [0.717, 1.165) is 55.6 Å². The second-order valence-corrected chi connectivity index (χ2v) is 6.95. The highest BCUT2D eigenvalue weighted by Crippen LogP contribution is 2.16. The van der Waals surface area contributed by atoms with Crippen molar-refractivity contribution in [2.45, 2.75) is 32.7 Å². The lowest BCUT2D eigenvalue weighted by Crippen LogP contribution is -2.40. The van der Waals surface area contributed by atoms with E-state index in [-0.39, 0.29) is 30.0 Å². The highest BCUT2D eigenvalue weighted by molar-refractivity contribution is 14.0. The second kappa shape index (κ2) is 13.9. The van der Waals surface area contributed by atoms with Crippen LogP contribution in [0.1, 0.15) is 37.6 Å². The summed E-state index contributed by atoms with van der Waals surface area (Å²) < 4.78 is 12.7. The van der Waals surface area contributed by atoms with Gasteiger partial charge in [-0.15, -0.1) is 24.0 Å². The molecule has 7 nitrogen and oxygen atoms in total. The second-order valence-electron chi connectivity index (χ2n) is 6.95. The molecule has 0 aliphatic heterocycles. The monoisotopic (exact) mass is 537 g/mol. The molecule has 3 rings (SSSR count). The minimum atomic E-state index is 0. The largest absolute Gasteiger partial charge is 0.469 e. The van der Waals surface area contributed by atoms with Gasteiger partial charge in [-0.1, -0.05) is 12.1 Å². The van der Waals surface area contributed by atoms with Crippen LogP contribution in [-0.2, 0) is 11.2 Å². The smallest absolute Gasteiger partial charge is 0.191 e. The molecule has 0 radical (unpaired) electrons. The van der Waals surface area contributed by atoms with Gasteiger partial charge in [0.2, 0.25) is 0 Å². The topological polar surface area (TPSA) is 76.6 Å². The molecule has 8 heteroatoms. The lowest BCUT2D eigenvalue weighted by molar-refractivity contribution is 0.146. The van der Waals surface area contributed by atoms with Crippen molar-refractivity contribution in [3.8, 4) is 5.69 Å². The molecule has 2 aromatic heterocycles. The lowest BCUT2D eigenvalue weighted by atomic mass is 10.1. The minimum Gasteiger partial charge on any atom is -0.469 e. The van der Waals surface area contributed by atoms with Gasteiger partial charge in [0.05, 0.1) is 18.0 Å². The molecule has 0 bridgehead atoms. The summed E-state index contributed by atoms with van der Waals surface area (Å²) in [6, 6.07) is 14.2. The van der Waals surface area contributed by atoms with Gasteiger partial charge in [0.15, 0.2) is 5.96 Å². The van der Waals surface area contributed by atoms with E-state index in [1.54, 1.807) is 12.5 Å². The molecule has 168 valence electrons. The molecule has 1 unspecified atom stereocenters. The summed E-state index contributed by atoms with van der Waals surface area (Å²) in [6.45, 7) is 7.04. The van der Waals surface area contributed by atoms with E-state index >= 15 is 0 Å². The summed E-state index contributed by atoms with van der Waals surface area (Å²) in [4.78, 5) is 4.72. The quantitative estimate of drug-likeness (QED) is 0.165. The summed E-state index contributed by atoms with van der Waals surface area (Å²) in [6.07, 6.45) is 7.12. The van der Waals surface area contributed by atoms with Crippen molar-refractivity contribution in [3.05, 3.63) is 72.4 Å². The summed E-state index contributed by atoms with van der Waals surface area (Å²) in [7, 11) is 0. The maximum Gasteiger partial charge on any atom is 0.191 e. The van der Waals surface area contributed by atoms with E-state index in [4.69, 9.17) is 14.1 Å². The number of nitrogens with zero attached hydrogens (tertiary/aromatic N) is 3. The fourth-order valence-electron chi connectivity index (χ4n) is 3.06. The number of guanidine groups is 1. The van der Waals surface area contributed by atoms with Crippen molar-refractivity contribution in [2.75, 3.05) is 26.3 Å². The van der Waals surface area contributed by atoms with Crippen molar-refractivity contribution in [3.63, 3.8) is 0 Å². The molecule has 3 aromatic rings. The molecule has 1 atom stereocenters. The van der Waals surface area contributed by atoms with Crippen LogP contribution < -0.4 is 10.6 Å². The predicted molar refractivity (Wildman–Crippen MR) is 134 cm³/mol. The Morgan fingerprint density at radius 3 is 2.90 bits per heavy atom.